The van der Waals surface area contributed by atoms with Crippen LogP contribution in [0.15, 0.2) is 18.2 Å². The Hall–Kier alpha value is -3.30. The molecule has 0 aromatic heterocycles. The SMILES string of the molecule is CCC(=O)NCCNC(=O)CN1C(=O)c2ccc([N+](=O)[O-])cc2C1=O. The summed E-state index contributed by atoms with van der Waals surface area (Å²) in [6, 6.07) is 3.35. The molecule has 0 saturated carbocycles. The first-order chi connectivity index (χ1) is 11.8. The maximum atomic E-state index is 12.2. The van der Waals surface area contributed by atoms with Gasteiger partial charge in [-0.05, 0) is 6.07 Å². The van der Waals surface area contributed by atoms with Crippen LogP contribution in [-0.2, 0) is 9.59 Å². The van der Waals surface area contributed by atoms with Crippen LogP contribution >= 0.6 is 0 Å². The van der Waals surface area contributed by atoms with Crippen molar-refractivity contribution >= 4 is 29.3 Å². The van der Waals surface area contributed by atoms with Crippen molar-refractivity contribution in [2.24, 2.45) is 0 Å². The molecule has 0 fully saturated rings. The van der Waals surface area contributed by atoms with Crippen LogP contribution in [0.25, 0.3) is 0 Å². The normalized spacial score (nSPS) is 12.8. The third kappa shape index (κ3) is 3.97. The Kier molecular flexibility index (Phi) is 5.42. The van der Waals surface area contributed by atoms with E-state index in [2.05, 4.69) is 10.6 Å². The lowest BCUT2D eigenvalue weighted by Crippen LogP contribution is -2.42. The van der Waals surface area contributed by atoms with Crippen LogP contribution in [0.5, 0.6) is 0 Å². The number of rotatable bonds is 7. The van der Waals surface area contributed by atoms with E-state index in [1.807, 2.05) is 0 Å². The van der Waals surface area contributed by atoms with Gasteiger partial charge in [-0.3, -0.25) is 34.2 Å². The van der Waals surface area contributed by atoms with Crippen LogP contribution in [0, 0.1) is 10.1 Å². The van der Waals surface area contributed by atoms with E-state index < -0.39 is 29.2 Å². The molecule has 25 heavy (non-hydrogen) atoms. The van der Waals surface area contributed by atoms with E-state index in [9.17, 15) is 29.3 Å². The number of non-ortho nitro benzene ring substituents is 1. The monoisotopic (exact) mass is 348 g/mol. The Balaban J connectivity index is 1.96. The van der Waals surface area contributed by atoms with Gasteiger partial charge in [-0.25, -0.2) is 0 Å². The van der Waals surface area contributed by atoms with Crippen molar-refractivity contribution in [3.63, 3.8) is 0 Å². The summed E-state index contributed by atoms with van der Waals surface area (Å²) in [4.78, 5) is 58.1. The molecule has 0 bridgehead atoms. The third-order valence-electron chi connectivity index (χ3n) is 3.56. The fourth-order valence-electron chi connectivity index (χ4n) is 2.26. The summed E-state index contributed by atoms with van der Waals surface area (Å²) in [7, 11) is 0. The van der Waals surface area contributed by atoms with E-state index in [0.717, 1.165) is 17.0 Å². The zero-order valence-electron chi connectivity index (χ0n) is 13.4. The smallest absolute Gasteiger partial charge is 0.270 e. The number of hydrogen-bond acceptors (Lipinski definition) is 6. The lowest BCUT2D eigenvalue weighted by atomic mass is 10.1. The van der Waals surface area contributed by atoms with Gasteiger partial charge in [-0.2, -0.15) is 0 Å². The van der Waals surface area contributed by atoms with Gasteiger partial charge in [0.25, 0.3) is 17.5 Å². The largest absolute Gasteiger partial charge is 0.354 e. The minimum Gasteiger partial charge on any atom is -0.354 e. The molecule has 0 atom stereocenters. The fraction of sp³-hybridized carbons (Fsp3) is 0.333. The molecule has 1 heterocycles. The summed E-state index contributed by atoms with van der Waals surface area (Å²) in [6.45, 7) is 1.58. The predicted octanol–water partition coefficient (Wildman–Crippen LogP) is -0.167. The average Bonchev–Trinajstić information content (AvgIpc) is 2.83. The van der Waals surface area contributed by atoms with E-state index in [1.165, 1.54) is 6.07 Å². The number of amides is 4. The van der Waals surface area contributed by atoms with Gasteiger partial charge in [-0.15, -0.1) is 0 Å². The second kappa shape index (κ2) is 7.51. The van der Waals surface area contributed by atoms with E-state index in [-0.39, 0.29) is 35.8 Å². The van der Waals surface area contributed by atoms with E-state index in [0.29, 0.717) is 6.42 Å². The summed E-state index contributed by atoms with van der Waals surface area (Å²) in [5.41, 5.74) is -0.376. The Morgan fingerprint density at radius 2 is 1.68 bits per heavy atom. The molecule has 2 N–H and O–H groups in total. The van der Waals surface area contributed by atoms with Crippen LogP contribution in [0.1, 0.15) is 34.1 Å². The minimum absolute atomic E-state index is 0.0265. The van der Waals surface area contributed by atoms with Crippen molar-refractivity contribution in [1.29, 1.82) is 0 Å². The van der Waals surface area contributed by atoms with Crippen LogP contribution in [0.3, 0.4) is 0 Å². The van der Waals surface area contributed by atoms with Crippen molar-refractivity contribution in [3.8, 4) is 0 Å². The number of carbonyl (C=O) groups is 4. The molecule has 132 valence electrons. The summed E-state index contributed by atoms with van der Waals surface area (Å²) in [6.07, 6.45) is 0.328. The lowest BCUT2D eigenvalue weighted by molar-refractivity contribution is -0.384. The molecule has 0 saturated heterocycles. The molecule has 10 heteroatoms. The van der Waals surface area contributed by atoms with E-state index >= 15 is 0 Å². The zero-order chi connectivity index (χ0) is 18.6. The van der Waals surface area contributed by atoms with E-state index in [1.54, 1.807) is 6.92 Å². The Bertz CT molecular complexity index is 760. The van der Waals surface area contributed by atoms with Gasteiger partial charge in [0, 0.05) is 31.6 Å². The van der Waals surface area contributed by atoms with Crippen molar-refractivity contribution in [2.75, 3.05) is 19.6 Å². The third-order valence-corrected chi connectivity index (χ3v) is 3.56. The number of hydrogen-bond donors (Lipinski definition) is 2. The Labute approximate surface area is 142 Å². The highest BCUT2D eigenvalue weighted by atomic mass is 16.6. The molecule has 10 nitrogen and oxygen atoms in total. The molecule has 1 aliphatic rings. The second-order valence-corrected chi connectivity index (χ2v) is 5.24. The van der Waals surface area contributed by atoms with Crippen LogP contribution in [-0.4, -0.2) is 53.1 Å². The molecule has 2 rings (SSSR count). The molecular weight excluding hydrogens is 332 g/mol. The van der Waals surface area contributed by atoms with Gasteiger partial charge in [-0.1, -0.05) is 6.92 Å². The maximum absolute atomic E-state index is 12.2. The van der Waals surface area contributed by atoms with Gasteiger partial charge >= 0.3 is 0 Å². The first-order valence-corrected chi connectivity index (χ1v) is 7.53. The number of nitrogens with zero attached hydrogens (tertiary/aromatic N) is 2. The van der Waals surface area contributed by atoms with Crippen LogP contribution in [0.4, 0.5) is 5.69 Å². The van der Waals surface area contributed by atoms with Crippen LogP contribution < -0.4 is 10.6 Å². The van der Waals surface area contributed by atoms with Gasteiger partial charge in [0.1, 0.15) is 6.54 Å². The number of benzene rings is 1. The molecule has 1 aromatic carbocycles. The minimum atomic E-state index is -0.752. The first-order valence-electron chi connectivity index (χ1n) is 7.53. The standard InChI is InChI=1S/C15H16N4O6/c1-2-12(20)16-5-6-17-13(21)8-18-14(22)10-4-3-9(19(24)25)7-11(10)15(18)23/h3-4,7H,2,5-6,8H2,1H3,(H,16,20)(H,17,21). The van der Waals surface area contributed by atoms with Gasteiger partial charge < -0.3 is 10.6 Å². The number of fused-ring (bicyclic) bond motifs is 1. The Morgan fingerprint density at radius 1 is 1.08 bits per heavy atom. The van der Waals surface area contributed by atoms with E-state index in [4.69, 9.17) is 0 Å². The fourth-order valence-corrected chi connectivity index (χ4v) is 2.26. The molecule has 0 aliphatic carbocycles. The maximum Gasteiger partial charge on any atom is 0.270 e. The van der Waals surface area contributed by atoms with Gasteiger partial charge in [0.05, 0.1) is 16.1 Å². The highest BCUT2D eigenvalue weighted by Gasteiger charge is 2.37. The number of nitrogens with one attached hydrogen (secondary N) is 2. The topological polar surface area (TPSA) is 139 Å². The summed E-state index contributed by atoms with van der Waals surface area (Å²) in [5.74, 6) is -2.16. The highest BCUT2D eigenvalue weighted by molar-refractivity contribution is 6.22. The second-order valence-electron chi connectivity index (χ2n) is 5.24. The molecule has 0 unspecified atom stereocenters. The average molecular weight is 348 g/mol. The highest BCUT2D eigenvalue weighted by Crippen LogP contribution is 2.26. The quantitative estimate of drug-likeness (QED) is 0.304. The molecule has 1 aliphatic heterocycles. The Morgan fingerprint density at radius 3 is 2.28 bits per heavy atom. The molecule has 1 aromatic rings. The van der Waals surface area contributed by atoms with Gasteiger partial charge in [0.15, 0.2) is 0 Å². The zero-order valence-corrected chi connectivity index (χ0v) is 13.4. The molecule has 0 radical (unpaired) electrons. The van der Waals surface area contributed by atoms with Crippen molar-refractivity contribution in [1.82, 2.24) is 15.5 Å². The summed E-state index contributed by atoms with van der Waals surface area (Å²) in [5, 5.41) is 15.8. The van der Waals surface area contributed by atoms with Crippen molar-refractivity contribution in [2.45, 2.75) is 13.3 Å². The summed E-state index contributed by atoms with van der Waals surface area (Å²) >= 11 is 0. The first kappa shape index (κ1) is 18.0. The number of carbonyl (C=O) groups excluding carboxylic acids is 4. The van der Waals surface area contributed by atoms with Crippen molar-refractivity contribution < 1.29 is 24.1 Å². The predicted molar refractivity (Wildman–Crippen MR) is 84.8 cm³/mol. The number of nitro benzene ring substituents is 1. The van der Waals surface area contributed by atoms with Crippen LogP contribution in [0.2, 0.25) is 0 Å². The molecular formula is C15H16N4O6. The van der Waals surface area contributed by atoms with Crippen molar-refractivity contribution in [3.05, 3.63) is 39.4 Å². The molecule has 0 spiro atoms. The lowest BCUT2D eigenvalue weighted by Gasteiger charge is -2.13. The van der Waals surface area contributed by atoms with Gasteiger partial charge in [0.2, 0.25) is 11.8 Å². The number of nitro groups is 1. The molecule has 4 amide bonds. The number of imide groups is 1. The summed E-state index contributed by atoms with van der Waals surface area (Å²) < 4.78 is 0.